The quantitative estimate of drug-likeness (QED) is 0.793. The summed E-state index contributed by atoms with van der Waals surface area (Å²) in [5, 5.41) is 8.30. The first kappa shape index (κ1) is 12.6. The highest BCUT2D eigenvalue weighted by atomic mass is 16.5. The summed E-state index contributed by atoms with van der Waals surface area (Å²) in [5.74, 6) is 1.66. The van der Waals surface area contributed by atoms with Crippen LogP contribution in [0.15, 0.2) is 39.3 Å². The third-order valence-corrected chi connectivity index (χ3v) is 3.52. The number of rotatable bonds is 3. The largest absolute Gasteiger partial charge is 0.453 e. The van der Waals surface area contributed by atoms with E-state index in [2.05, 4.69) is 15.5 Å². The molecule has 0 spiro atoms. The molecule has 1 N–H and O–H groups in total. The van der Waals surface area contributed by atoms with Gasteiger partial charge in [0.1, 0.15) is 5.58 Å². The summed E-state index contributed by atoms with van der Waals surface area (Å²) in [7, 11) is 0. The van der Waals surface area contributed by atoms with E-state index in [0.717, 1.165) is 30.7 Å². The lowest BCUT2D eigenvalue weighted by Gasteiger charge is -2.21. The highest BCUT2D eigenvalue weighted by Gasteiger charge is 2.19. The lowest BCUT2D eigenvalue weighted by molar-refractivity contribution is 0.0246. The summed E-state index contributed by atoms with van der Waals surface area (Å²) < 4.78 is 16.6. The maximum Gasteiger partial charge on any atom is 0.238 e. The molecule has 21 heavy (non-hydrogen) atoms. The summed E-state index contributed by atoms with van der Waals surface area (Å²) in [4.78, 5) is 4.39. The number of ether oxygens (including phenoxy) is 1. The molecular weight excluding hydrogens is 270 g/mol. The zero-order valence-electron chi connectivity index (χ0n) is 11.4. The van der Waals surface area contributed by atoms with Gasteiger partial charge in [-0.15, -0.1) is 0 Å². The van der Waals surface area contributed by atoms with Crippen LogP contribution in [0.3, 0.4) is 0 Å². The molecule has 0 saturated carbocycles. The fraction of sp³-hybridized carbons (Fsp3) is 0.333. The summed E-state index contributed by atoms with van der Waals surface area (Å²) in [6.07, 6.45) is 0.697. The molecule has 6 nitrogen and oxygen atoms in total. The zero-order chi connectivity index (χ0) is 14.1. The fourth-order valence-electron chi connectivity index (χ4n) is 2.48. The minimum absolute atomic E-state index is 0.0859. The molecule has 1 atom stereocenters. The van der Waals surface area contributed by atoms with Gasteiger partial charge in [0, 0.05) is 18.5 Å². The molecular formula is C15H15N3O3. The molecule has 3 aromatic rings. The molecule has 1 aromatic carbocycles. The number of fused-ring (bicyclic) bond motifs is 1. The van der Waals surface area contributed by atoms with Gasteiger partial charge in [0.05, 0.1) is 19.1 Å². The number of nitrogens with one attached hydrogen (secondary N) is 1. The number of furan rings is 1. The van der Waals surface area contributed by atoms with Crippen LogP contribution >= 0.6 is 0 Å². The van der Waals surface area contributed by atoms with E-state index in [4.69, 9.17) is 13.7 Å². The Kier molecular flexibility index (Phi) is 3.17. The van der Waals surface area contributed by atoms with Crippen molar-refractivity contribution in [3.8, 4) is 11.6 Å². The molecule has 3 heterocycles. The highest BCUT2D eigenvalue weighted by Crippen LogP contribution is 2.25. The van der Waals surface area contributed by atoms with Crippen molar-refractivity contribution >= 4 is 11.0 Å². The molecule has 2 aromatic heterocycles. The van der Waals surface area contributed by atoms with Gasteiger partial charge in [-0.2, -0.15) is 4.98 Å². The van der Waals surface area contributed by atoms with Crippen molar-refractivity contribution < 1.29 is 13.7 Å². The minimum Gasteiger partial charge on any atom is -0.453 e. The zero-order valence-corrected chi connectivity index (χ0v) is 11.4. The summed E-state index contributed by atoms with van der Waals surface area (Å²) in [6, 6.07) is 9.73. The van der Waals surface area contributed by atoms with Crippen LogP contribution in [0, 0.1) is 0 Å². The number of nitrogens with zero attached hydrogens (tertiary/aromatic N) is 2. The van der Waals surface area contributed by atoms with Gasteiger partial charge in [0.15, 0.2) is 5.76 Å². The normalized spacial score (nSPS) is 19.1. The minimum atomic E-state index is 0.0859. The second-order valence-corrected chi connectivity index (χ2v) is 5.06. The van der Waals surface area contributed by atoms with Crippen molar-refractivity contribution in [2.75, 3.05) is 19.7 Å². The monoisotopic (exact) mass is 285 g/mol. The Labute approximate surface area is 121 Å². The Morgan fingerprint density at radius 1 is 1.29 bits per heavy atom. The first-order chi connectivity index (χ1) is 10.4. The van der Waals surface area contributed by atoms with Crippen LogP contribution in [-0.2, 0) is 11.2 Å². The second kappa shape index (κ2) is 5.31. The number of benzene rings is 1. The second-order valence-electron chi connectivity index (χ2n) is 5.06. The Bertz CT molecular complexity index is 710. The first-order valence-electron chi connectivity index (χ1n) is 7.02. The fourth-order valence-corrected chi connectivity index (χ4v) is 2.48. The van der Waals surface area contributed by atoms with Gasteiger partial charge in [0.25, 0.3) is 0 Å². The third-order valence-electron chi connectivity index (χ3n) is 3.52. The van der Waals surface area contributed by atoms with Crippen molar-refractivity contribution in [3.05, 3.63) is 36.2 Å². The first-order valence-corrected chi connectivity index (χ1v) is 7.02. The average molecular weight is 285 g/mol. The van der Waals surface area contributed by atoms with Gasteiger partial charge in [0.2, 0.25) is 11.7 Å². The number of morpholine rings is 1. The van der Waals surface area contributed by atoms with Crippen LogP contribution in [0.1, 0.15) is 5.89 Å². The van der Waals surface area contributed by atoms with Crippen LogP contribution in [0.2, 0.25) is 0 Å². The molecule has 6 heteroatoms. The predicted molar refractivity (Wildman–Crippen MR) is 75.8 cm³/mol. The van der Waals surface area contributed by atoms with Crippen LogP contribution in [0.5, 0.6) is 0 Å². The van der Waals surface area contributed by atoms with Crippen molar-refractivity contribution in [1.82, 2.24) is 15.5 Å². The molecule has 4 rings (SSSR count). The van der Waals surface area contributed by atoms with E-state index in [0.29, 0.717) is 23.9 Å². The van der Waals surface area contributed by atoms with E-state index < -0.39 is 0 Å². The van der Waals surface area contributed by atoms with Gasteiger partial charge in [-0.1, -0.05) is 23.4 Å². The maximum atomic E-state index is 5.73. The molecule has 0 radical (unpaired) electrons. The summed E-state index contributed by atoms with van der Waals surface area (Å²) in [5.41, 5.74) is 0.818. The van der Waals surface area contributed by atoms with Crippen LogP contribution in [-0.4, -0.2) is 35.9 Å². The van der Waals surface area contributed by atoms with Crippen LogP contribution in [0.25, 0.3) is 22.6 Å². The van der Waals surface area contributed by atoms with Gasteiger partial charge in [-0.3, -0.25) is 0 Å². The number of hydrogen-bond acceptors (Lipinski definition) is 6. The number of aromatic nitrogens is 2. The molecule has 1 aliphatic heterocycles. The van der Waals surface area contributed by atoms with E-state index in [1.165, 1.54) is 0 Å². The lowest BCUT2D eigenvalue weighted by Crippen LogP contribution is -2.39. The lowest BCUT2D eigenvalue weighted by atomic mass is 10.2. The third kappa shape index (κ3) is 2.55. The Morgan fingerprint density at radius 2 is 2.24 bits per heavy atom. The Hall–Kier alpha value is -2.18. The smallest absolute Gasteiger partial charge is 0.238 e. The summed E-state index contributed by atoms with van der Waals surface area (Å²) >= 11 is 0. The Morgan fingerprint density at radius 3 is 3.10 bits per heavy atom. The van der Waals surface area contributed by atoms with Crippen molar-refractivity contribution in [2.24, 2.45) is 0 Å². The topological polar surface area (TPSA) is 73.3 Å². The Balaban J connectivity index is 1.55. The molecule has 108 valence electrons. The van der Waals surface area contributed by atoms with E-state index in [1.807, 2.05) is 30.3 Å². The van der Waals surface area contributed by atoms with Crippen LogP contribution in [0.4, 0.5) is 0 Å². The van der Waals surface area contributed by atoms with Crippen molar-refractivity contribution in [2.45, 2.75) is 12.5 Å². The number of hydrogen-bond donors (Lipinski definition) is 1. The molecule has 1 aliphatic rings. The van der Waals surface area contributed by atoms with E-state index >= 15 is 0 Å². The molecule has 0 bridgehead atoms. The van der Waals surface area contributed by atoms with E-state index in [9.17, 15) is 0 Å². The maximum absolute atomic E-state index is 5.73. The predicted octanol–water partition coefficient (Wildman–Crippen LogP) is 2.01. The van der Waals surface area contributed by atoms with Crippen molar-refractivity contribution in [3.63, 3.8) is 0 Å². The van der Waals surface area contributed by atoms with Gasteiger partial charge < -0.3 is 19.0 Å². The average Bonchev–Trinajstić information content (AvgIpc) is 3.14. The molecule has 0 aliphatic carbocycles. The van der Waals surface area contributed by atoms with Crippen molar-refractivity contribution in [1.29, 1.82) is 0 Å². The SMILES string of the molecule is c1ccc2oc(-c3noc(CC4CNCCO4)n3)cc2c1. The van der Waals surface area contributed by atoms with Crippen LogP contribution < -0.4 is 5.32 Å². The highest BCUT2D eigenvalue weighted by molar-refractivity contribution is 5.81. The standard InChI is InChI=1S/C15H15N3O3/c1-2-4-12-10(3-1)7-13(20-12)15-17-14(21-18-15)8-11-9-16-5-6-19-11/h1-4,7,11,16H,5-6,8-9H2. The molecule has 1 saturated heterocycles. The molecule has 0 amide bonds. The molecule has 1 unspecified atom stereocenters. The van der Waals surface area contributed by atoms with Gasteiger partial charge in [-0.25, -0.2) is 0 Å². The number of para-hydroxylation sites is 1. The molecule has 1 fully saturated rings. The van der Waals surface area contributed by atoms with E-state index in [-0.39, 0.29) is 6.10 Å². The van der Waals surface area contributed by atoms with Gasteiger partial charge in [-0.05, 0) is 12.1 Å². The van der Waals surface area contributed by atoms with Gasteiger partial charge >= 0.3 is 0 Å². The van der Waals surface area contributed by atoms with E-state index in [1.54, 1.807) is 0 Å². The summed E-state index contributed by atoms with van der Waals surface area (Å²) in [6.45, 7) is 2.42.